The number of ether oxygens (including phenoxy) is 1. The third kappa shape index (κ3) is 5.77. The van der Waals surface area contributed by atoms with Crippen LogP contribution in [-0.4, -0.2) is 31.0 Å². The van der Waals surface area contributed by atoms with Crippen molar-refractivity contribution in [1.29, 1.82) is 0 Å². The van der Waals surface area contributed by atoms with Gasteiger partial charge in [0.2, 0.25) is 5.91 Å². The number of hydrogen-bond donors (Lipinski definition) is 1. The van der Waals surface area contributed by atoms with Crippen LogP contribution < -0.4 is 10.1 Å². The summed E-state index contributed by atoms with van der Waals surface area (Å²) < 4.78 is 43.5. The average molecular weight is 366 g/mol. The molecule has 0 saturated carbocycles. The largest absolute Gasteiger partial charge is 0.497 e. The molecule has 0 heterocycles. The number of carbonyl (C=O) groups is 1. The fourth-order valence-electron chi connectivity index (χ4n) is 2.46. The summed E-state index contributed by atoms with van der Waals surface area (Å²) in [6, 6.07) is 12.1. The number of methoxy groups -OCH3 is 1. The third-order valence-corrected chi connectivity index (χ3v) is 3.85. The quantitative estimate of drug-likeness (QED) is 0.800. The molecule has 0 aliphatic carbocycles. The van der Waals surface area contributed by atoms with Gasteiger partial charge in [0, 0.05) is 12.2 Å². The van der Waals surface area contributed by atoms with Crippen molar-refractivity contribution in [3.05, 3.63) is 59.7 Å². The lowest BCUT2D eigenvalue weighted by Gasteiger charge is -2.20. The molecule has 0 unspecified atom stereocenters. The second-order valence-corrected chi connectivity index (χ2v) is 5.78. The van der Waals surface area contributed by atoms with Gasteiger partial charge in [-0.05, 0) is 42.4 Å². The van der Waals surface area contributed by atoms with Gasteiger partial charge in [0.05, 0.1) is 19.2 Å². The molecule has 7 heteroatoms. The first-order chi connectivity index (χ1) is 12.3. The number of benzene rings is 2. The highest BCUT2D eigenvalue weighted by atomic mass is 19.4. The van der Waals surface area contributed by atoms with Crippen molar-refractivity contribution < 1.29 is 22.7 Å². The monoisotopic (exact) mass is 366 g/mol. The van der Waals surface area contributed by atoms with E-state index in [4.69, 9.17) is 4.74 Å². The van der Waals surface area contributed by atoms with Gasteiger partial charge in [-0.25, -0.2) is 0 Å². The van der Waals surface area contributed by atoms with E-state index in [0.717, 1.165) is 12.1 Å². The van der Waals surface area contributed by atoms with Crippen LogP contribution in [0.4, 0.5) is 18.9 Å². The minimum Gasteiger partial charge on any atom is -0.497 e. The van der Waals surface area contributed by atoms with E-state index in [2.05, 4.69) is 5.32 Å². The number of alkyl halides is 3. The molecule has 0 fully saturated rings. The van der Waals surface area contributed by atoms with Crippen molar-refractivity contribution in [3.8, 4) is 5.75 Å². The van der Waals surface area contributed by atoms with E-state index in [1.165, 1.54) is 6.07 Å². The molecule has 0 saturated heterocycles. The molecule has 0 aliphatic heterocycles. The second kappa shape index (κ2) is 8.71. The standard InChI is InChI=1S/C19H21F3N2O2/c1-3-24(12-14-5-4-6-15(11-14)19(20,21)22)13-18(25)23-16-7-9-17(26-2)10-8-16/h4-11H,3,12-13H2,1-2H3,(H,23,25). The molecule has 140 valence electrons. The summed E-state index contributed by atoms with van der Waals surface area (Å²) in [5, 5.41) is 2.76. The average Bonchev–Trinajstić information content (AvgIpc) is 2.61. The van der Waals surface area contributed by atoms with Crippen LogP contribution in [0.25, 0.3) is 0 Å². The highest BCUT2D eigenvalue weighted by Crippen LogP contribution is 2.29. The van der Waals surface area contributed by atoms with E-state index in [1.54, 1.807) is 42.3 Å². The van der Waals surface area contributed by atoms with E-state index in [9.17, 15) is 18.0 Å². The van der Waals surface area contributed by atoms with E-state index in [1.807, 2.05) is 6.92 Å². The van der Waals surface area contributed by atoms with Gasteiger partial charge in [0.15, 0.2) is 0 Å². The number of halogens is 3. The molecular weight excluding hydrogens is 345 g/mol. The molecule has 0 bridgehead atoms. The number of likely N-dealkylation sites (N-methyl/N-ethyl adjacent to an activating group) is 1. The Morgan fingerprint density at radius 3 is 2.42 bits per heavy atom. The van der Waals surface area contributed by atoms with Gasteiger partial charge in [-0.2, -0.15) is 13.2 Å². The molecule has 4 nitrogen and oxygen atoms in total. The van der Waals surface area contributed by atoms with Gasteiger partial charge >= 0.3 is 6.18 Å². The van der Waals surface area contributed by atoms with Gasteiger partial charge in [-0.1, -0.05) is 25.1 Å². The normalized spacial score (nSPS) is 11.5. The fraction of sp³-hybridized carbons (Fsp3) is 0.316. The lowest BCUT2D eigenvalue weighted by atomic mass is 10.1. The smallest absolute Gasteiger partial charge is 0.416 e. The van der Waals surface area contributed by atoms with Gasteiger partial charge < -0.3 is 10.1 Å². The molecule has 0 aliphatic rings. The summed E-state index contributed by atoms with van der Waals surface area (Å²) in [4.78, 5) is 14.0. The number of amides is 1. The summed E-state index contributed by atoms with van der Waals surface area (Å²) in [5.41, 5.74) is 0.457. The SMILES string of the molecule is CCN(CC(=O)Nc1ccc(OC)cc1)Cc1cccc(C(F)(F)F)c1. The van der Waals surface area contributed by atoms with Crippen LogP contribution in [0, 0.1) is 0 Å². The predicted molar refractivity (Wildman–Crippen MR) is 94.0 cm³/mol. The highest BCUT2D eigenvalue weighted by Gasteiger charge is 2.30. The fourth-order valence-corrected chi connectivity index (χ4v) is 2.46. The zero-order chi connectivity index (χ0) is 19.2. The molecule has 1 amide bonds. The van der Waals surface area contributed by atoms with Gasteiger partial charge in [0.25, 0.3) is 0 Å². The van der Waals surface area contributed by atoms with Gasteiger partial charge in [-0.15, -0.1) is 0 Å². The number of hydrogen-bond acceptors (Lipinski definition) is 3. The maximum absolute atomic E-state index is 12.8. The summed E-state index contributed by atoms with van der Waals surface area (Å²) in [6.45, 7) is 2.73. The van der Waals surface area contributed by atoms with Crippen LogP contribution in [0.1, 0.15) is 18.1 Å². The van der Waals surface area contributed by atoms with E-state index in [0.29, 0.717) is 23.5 Å². The van der Waals surface area contributed by atoms with E-state index >= 15 is 0 Å². The van der Waals surface area contributed by atoms with Gasteiger partial charge in [-0.3, -0.25) is 9.69 Å². The molecule has 2 aromatic rings. The third-order valence-electron chi connectivity index (χ3n) is 3.85. The molecule has 0 spiro atoms. The highest BCUT2D eigenvalue weighted by molar-refractivity contribution is 5.92. The zero-order valence-electron chi connectivity index (χ0n) is 14.6. The van der Waals surface area contributed by atoms with Crippen LogP contribution in [0.2, 0.25) is 0 Å². The Morgan fingerprint density at radius 2 is 1.85 bits per heavy atom. The van der Waals surface area contributed by atoms with Crippen molar-refractivity contribution in [1.82, 2.24) is 4.90 Å². The van der Waals surface area contributed by atoms with Crippen LogP contribution in [0.15, 0.2) is 48.5 Å². The molecule has 2 aromatic carbocycles. The summed E-state index contributed by atoms with van der Waals surface area (Å²) >= 11 is 0. The Labute approximate surface area is 150 Å². The van der Waals surface area contributed by atoms with Crippen LogP contribution in [0.5, 0.6) is 5.75 Å². The first kappa shape index (κ1) is 19.8. The minimum atomic E-state index is -4.38. The molecule has 0 atom stereocenters. The molecule has 26 heavy (non-hydrogen) atoms. The molecule has 0 radical (unpaired) electrons. The maximum Gasteiger partial charge on any atom is 0.416 e. The summed E-state index contributed by atoms with van der Waals surface area (Å²) in [6.07, 6.45) is -4.38. The Kier molecular flexibility index (Phi) is 6.63. The molecule has 2 rings (SSSR count). The number of nitrogens with zero attached hydrogens (tertiary/aromatic N) is 1. The lowest BCUT2D eigenvalue weighted by Crippen LogP contribution is -2.32. The molecular formula is C19H21F3N2O2. The first-order valence-electron chi connectivity index (χ1n) is 8.14. The van der Waals surface area contributed by atoms with Crippen molar-refractivity contribution in [2.45, 2.75) is 19.6 Å². The minimum absolute atomic E-state index is 0.0821. The number of anilines is 1. The Bertz CT molecular complexity index is 730. The van der Waals surface area contributed by atoms with E-state index in [-0.39, 0.29) is 19.0 Å². The van der Waals surface area contributed by atoms with E-state index < -0.39 is 11.7 Å². The lowest BCUT2D eigenvalue weighted by molar-refractivity contribution is -0.137. The maximum atomic E-state index is 12.8. The van der Waals surface area contributed by atoms with Crippen LogP contribution in [-0.2, 0) is 17.5 Å². The first-order valence-corrected chi connectivity index (χ1v) is 8.14. The van der Waals surface area contributed by atoms with Crippen LogP contribution in [0.3, 0.4) is 0 Å². The number of nitrogens with one attached hydrogen (secondary N) is 1. The van der Waals surface area contributed by atoms with Gasteiger partial charge in [0.1, 0.15) is 5.75 Å². The number of carbonyl (C=O) groups excluding carboxylic acids is 1. The van der Waals surface area contributed by atoms with Crippen LogP contribution >= 0.6 is 0 Å². The molecule has 0 aromatic heterocycles. The van der Waals surface area contributed by atoms with Crippen molar-refractivity contribution >= 4 is 11.6 Å². The predicted octanol–water partition coefficient (Wildman–Crippen LogP) is 4.17. The molecule has 1 N–H and O–H groups in total. The number of rotatable bonds is 7. The second-order valence-electron chi connectivity index (χ2n) is 5.78. The zero-order valence-corrected chi connectivity index (χ0v) is 14.6. The van der Waals surface area contributed by atoms with Crippen molar-refractivity contribution in [2.24, 2.45) is 0 Å². The topological polar surface area (TPSA) is 41.6 Å². The Morgan fingerprint density at radius 1 is 1.15 bits per heavy atom. The van der Waals surface area contributed by atoms with Crippen molar-refractivity contribution in [3.63, 3.8) is 0 Å². The Balaban J connectivity index is 1.97. The summed E-state index contributed by atoms with van der Waals surface area (Å²) in [5.74, 6) is 0.451. The van der Waals surface area contributed by atoms with Crippen molar-refractivity contribution in [2.75, 3.05) is 25.5 Å². The summed E-state index contributed by atoms with van der Waals surface area (Å²) in [7, 11) is 1.56. The Hall–Kier alpha value is -2.54.